The van der Waals surface area contributed by atoms with Gasteiger partial charge in [-0.2, -0.15) is 0 Å². The zero-order chi connectivity index (χ0) is 12.8. The van der Waals surface area contributed by atoms with Crippen LogP contribution in [0.4, 0.5) is 0 Å². The van der Waals surface area contributed by atoms with Crippen molar-refractivity contribution in [3.63, 3.8) is 0 Å². The van der Waals surface area contributed by atoms with Gasteiger partial charge in [-0.05, 0) is 24.5 Å². The summed E-state index contributed by atoms with van der Waals surface area (Å²) < 4.78 is 5.64. The van der Waals surface area contributed by atoms with Crippen molar-refractivity contribution in [3.05, 3.63) is 29.8 Å². The molecule has 1 aliphatic rings. The molecule has 0 fully saturated rings. The second kappa shape index (κ2) is 6.76. The molecular weight excluding hydrogens is 226 g/mol. The molecule has 3 nitrogen and oxygen atoms in total. The van der Waals surface area contributed by atoms with Crippen LogP contribution in [0, 0.1) is 0 Å². The number of aliphatic hydroxyl groups excluding tert-OH is 1. The fourth-order valence-electron chi connectivity index (χ4n) is 2.49. The van der Waals surface area contributed by atoms with Gasteiger partial charge in [-0.3, -0.25) is 0 Å². The Morgan fingerprint density at radius 2 is 2.28 bits per heavy atom. The van der Waals surface area contributed by atoms with Crippen LogP contribution in [0.1, 0.15) is 37.7 Å². The molecule has 0 saturated carbocycles. The van der Waals surface area contributed by atoms with Gasteiger partial charge in [0.05, 0.1) is 12.7 Å². The van der Waals surface area contributed by atoms with Crippen molar-refractivity contribution < 1.29 is 9.84 Å². The summed E-state index contributed by atoms with van der Waals surface area (Å²) in [5.41, 5.74) is 1.29. The van der Waals surface area contributed by atoms with Gasteiger partial charge in [0.25, 0.3) is 0 Å². The van der Waals surface area contributed by atoms with Crippen LogP contribution in [0.2, 0.25) is 0 Å². The van der Waals surface area contributed by atoms with Crippen molar-refractivity contribution in [1.29, 1.82) is 0 Å². The summed E-state index contributed by atoms with van der Waals surface area (Å²) in [6, 6.07) is 8.25. The summed E-state index contributed by atoms with van der Waals surface area (Å²) in [6.07, 6.45) is 2.74. The van der Waals surface area contributed by atoms with Crippen LogP contribution in [0.3, 0.4) is 0 Å². The van der Waals surface area contributed by atoms with Crippen LogP contribution in [0.25, 0.3) is 0 Å². The molecule has 2 N–H and O–H groups in total. The Labute approximate surface area is 109 Å². The lowest BCUT2D eigenvalue weighted by Crippen LogP contribution is -2.31. The van der Waals surface area contributed by atoms with Crippen LogP contribution in [-0.2, 0) is 0 Å². The van der Waals surface area contributed by atoms with E-state index in [0.29, 0.717) is 12.5 Å². The molecule has 2 atom stereocenters. The molecule has 0 amide bonds. The average molecular weight is 249 g/mol. The summed E-state index contributed by atoms with van der Waals surface area (Å²) >= 11 is 0. The number of rotatable bonds is 6. The summed E-state index contributed by atoms with van der Waals surface area (Å²) in [4.78, 5) is 0. The quantitative estimate of drug-likeness (QED) is 0.813. The second-order valence-corrected chi connectivity index (χ2v) is 4.97. The molecule has 1 aromatic rings. The number of benzene rings is 1. The van der Waals surface area contributed by atoms with Crippen LogP contribution >= 0.6 is 0 Å². The minimum absolute atomic E-state index is 0.218. The molecule has 3 heteroatoms. The van der Waals surface area contributed by atoms with Gasteiger partial charge in [0, 0.05) is 19.0 Å². The zero-order valence-corrected chi connectivity index (χ0v) is 11.1. The first-order valence-corrected chi connectivity index (χ1v) is 6.91. The van der Waals surface area contributed by atoms with Gasteiger partial charge in [0.15, 0.2) is 0 Å². The van der Waals surface area contributed by atoms with Crippen LogP contribution < -0.4 is 10.1 Å². The minimum Gasteiger partial charge on any atom is -0.493 e. The molecule has 0 aromatic heterocycles. The van der Waals surface area contributed by atoms with E-state index in [9.17, 15) is 5.11 Å². The third kappa shape index (κ3) is 3.47. The topological polar surface area (TPSA) is 41.5 Å². The normalized spacial score (nSPS) is 20.0. The molecule has 0 radical (unpaired) electrons. The maximum absolute atomic E-state index is 9.69. The fraction of sp³-hybridized carbons (Fsp3) is 0.600. The predicted octanol–water partition coefficient (Wildman–Crippen LogP) is 2.30. The average Bonchev–Trinajstić information content (AvgIpc) is 2.39. The van der Waals surface area contributed by atoms with E-state index in [1.54, 1.807) is 0 Å². The summed E-state index contributed by atoms with van der Waals surface area (Å²) in [7, 11) is 0. The minimum atomic E-state index is -0.218. The van der Waals surface area contributed by atoms with Crippen LogP contribution in [0.5, 0.6) is 5.75 Å². The Morgan fingerprint density at radius 1 is 1.44 bits per heavy atom. The van der Waals surface area contributed by atoms with Gasteiger partial charge in [-0.25, -0.2) is 0 Å². The van der Waals surface area contributed by atoms with Gasteiger partial charge in [0.1, 0.15) is 5.75 Å². The highest BCUT2D eigenvalue weighted by Gasteiger charge is 2.20. The summed E-state index contributed by atoms with van der Waals surface area (Å²) in [5.74, 6) is 1.52. The SMILES string of the molecule is CCCC(O)CNCC1CCOc2ccccc21. The number of ether oxygens (including phenoxy) is 1. The number of nitrogens with one attached hydrogen (secondary N) is 1. The first kappa shape index (κ1) is 13.4. The van der Waals surface area contributed by atoms with Crippen molar-refractivity contribution in [3.8, 4) is 5.75 Å². The van der Waals surface area contributed by atoms with E-state index in [1.807, 2.05) is 12.1 Å². The number of aliphatic hydroxyl groups is 1. The zero-order valence-electron chi connectivity index (χ0n) is 11.1. The first-order chi connectivity index (χ1) is 8.81. The molecular formula is C15H23NO2. The third-order valence-corrected chi connectivity index (χ3v) is 3.48. The molecule has 0 aliphatic carbocycles. The molecule has 2 unspecified atom stereocenters. The molecule has 18 heavy (non-hydrogen) atoms. The highest BCUT2D eigenvalue weighted by molar-refractivity contribution is 5.37. The van der Waals surface area contributed by atoms with E-state index < -0.39 is 0 Å². The number of hydrogen-bond acceptors (Lipinski definition) is 3. The van der Waals surface area contributed by atoms with Crippen molar-refractivity contribution in [2.45, 2.75) is 38.2 Å². The van der Waals surface area contributed by atoms with Gasteiger partial charge < -0.3 is 15.2 Å². The van der Waals surface area contributed by atoms with E-state index >= 15 is 0 Å². The van der Waals surface area contributed by atoms with E-state index in [-0.39, 0.29) is 6.10 Å². The van der Waals surface area contributed by atoms with Crippen LogP contribution in [0.15, 0.2) is 24.3 Å². The van der Waals surface area contributed by atoms with E-state index in [2.05, 4.69) is 24.4 Å². The highest BCUT2D eigenvalue weighted by Crippen LogP contribution is 2.32. The van der Waals surface area contributed by atoms with Gasteiger partial charge in [-0.1, -0.05) is 31.5 Å². The lowest BCUT2D eigenvalue weighted by atomic mass is 9.93. The molecule has 0 saturated heterocycles. The second-order valence-electron chi connectivity index (χ2n) is 4.97. The highest BCUT2D eigenvalue weighted by atomic mass is 16.5. The van der Waals surface area contributed by atoms with Crippen molar-refractivity contribution in [1.82, 2.24) is 5.32 Å². The van der Waals surface area contributed by atoms with Gasteiger partial charge in [-0.15, -0.1) is 0 Å². The molecule has 1 heterocycles. The molecule has 1 aromatic carbocycles. The standard InChI is InChI=1S/C15H23NO2/c1-2-5-13(17)11-16-10-12-8-9-18-15-7-4-3-6-14(12)15/h3-4,6-7,12-13,16-17H,2,5,8-11H2,1H3. The van der Waals surface area contributed by atoms with E-state index in [0.717, 1.165) is 38.2 Å². The van der Waals surface area contributed by atoms with Gasteiger partial charge >= 0.3 is 0 Å². The van der Waals surface area contributed by atoms with Crippen molar-refractivity contribution >= 4 is 0 Å². The van der Waals surface area contributed by atoms with Crippen molar-refractivity contribution in [2.75, 3.05) is 19.7 Å². The molecule has 1 aliphatic heterocycles. The summed E-state index contributed by atoms with van der Waals surface area (Å²) in [5, 5.41) is 13.1. The number of para-hydroxylation sites is 1. The van der Waals surface area contributed by atoms with E-state index in [4.69, 9.17) is 4.74 Å². The number of fused-ring (bicyclic) bond motifs is 1. The lowest BCUT2D eigenvalue weighted by Gasteiger charge is -2.26. The third-order valence-electron chi connectivity index (χ3n) is 3.48. The Kier molecular flexibility index (Phi) is 5.02. The molecule has 2 rings (SSSR count). The Balaban J connectivity index is 1.84. The van der Waals surface area contributed by atoms with Crippen molar-refractivity contribution in [2.24, 2.45) is 0 Å². The summed E-state index contributed by atoms with van der Waals surface area (Å²) in [6.45, 7) is 4.49. The molecule has 100 valence electrons. The fourth-order valence-corrected chi connectivity index (χ4v) is 2.49. The predicted molar refractivity (Wildman–Crippen MR) is 73.1 cm³/mol. The Hall–Kier alpha value is -1.06. The molecule has 0 bridgehead atoms. The largest absolute Gasteiger partial charge is 0.493 e. The maximum atomic E-state index is 9.69. The first-order valence-electron chi connectivity index (χ1n) is 6.91. The Morgan fingerprint density at radius 3 is 3.11 bits per heavy atom. The maximum Gasteiger partial charge on any atom is 0.122 e. The monoisotopic (exact) mass is 249 g/mol. The van der Waals surface area contributed by atoms with Crippen LogP contribution in [-0.4, -0.2) is 30.9 Å². The smallest absolute Gasteiger partial charge is 0.122 e. The van der Waals surface area contributed by atoms with E-state index in [1.165, 1.54) is 5.56 Å². The lowest BCUT2D eigenvalue weighted by molar-refractivity contribution is 0.159. The number of hydrogen-bond donors (Lipinski definition) is 2. The Bertz CT molecular complexity index is 367. The van der Waals surface area contributed by atoms with Gasteiger partial charge in [0.2, 0.25) is 0 Å². The molecule has 0 spiro atoms.